The van der Waals surface area contributed by atoms with Crippen LogP contribution in [-0.2, 0) is 22.7 Å². The molecule has 9 heteroatoms. The van der Waals surface area contributed by atoms with E-state index in [0.717, 1.165) is 10.5 Å². The molecule has 2 aromatic carbocycles. The summed E-state index contributed by atoms with van der Waals surface area (Å²) < 4.78 is 10.6. The second-order valence-corrected chi connectivity index (χ2v) is 7.51. The molecule has 1 saturated heterocycles. The fourth-order valence-corrected chi connectivity index (χ4v) is 3.45. The van der Waals surface area contributed by atoms with Gasteiger partial charge in [0.1, 0.15) is 12.2 Å². The first kappa shape index (κ1) is 20.6. The van der Waals surface area contributed by atoms with Gasteiger partial charge in [-0.1, -0.05) is 23.7 Å². The van der Waals surface area contributed by atoms with Crippen molar-refractivity contribution in [3.8, 4) is 0 Å². The van der Waals surface area contributed by atoms with Crippen LogP contribution in [-0.4, -0.2) is 29.4 Å². The highest BCUT2D eigenvalue weighted by Crippen LogP contribution is 2.25. The Kier molecular flexibility index (Phi) is 5.48. The van der Waals surface area contributed by atoms with Crippen molar-refractivity contribution in [2.24, 2.45) is 0 Å². The number of benzene rings is 2. The maximum atomic E-state index is 12.6. The molecule has 0 bridgehead atoms. The van der Waals surface area contributed by atoms with Gasteiger partial charge in [-0.2, -0.15) is 0 Å². The molecule has 1 aliphatic rings. The number of carbonyl (C=O) groups is 3. The van der Waals surface area contributed by atoms with Crippen molar-refractivity contribution in [1.82, 2.24) is 10.2 Å². The van der Waals surface area contributed by atoms with Crippen LogP contribution in [0.2, 0.25) is 5.02 Å². The Morgan fingerprint density at radius 2 is 2.00 bits per heavy atom. The van der Waals surface area contributed by atoms with Crippen molar-refractivity contribution in [2.75, 3.05) is 6.54 Å². The number of urea groups is 1. The Balaban J connectivity index is 1.52. The lowest BCUT2D eigenvalue weighted by molar-refractivity contribution is -0.125. The van der Waals surface area contributed by atoms with E-state index in [9.17, 15) is 19.2 Å². The summed E-state index contributed by atoms with van der Waals surface area (Å²) >= 11 is 6.18. The van der Waals surface area contributed by atoms with Crippen LogP contribution in [0.4, 0.5) is 4.79 Å². The first-order valence-electron chi connectivity index (χ1n) is 9.39. The minimum atomic E-state index is -0.612. The standard InChI is InChI=1S/C22H17ClN2O6/c1-12-5-18-16(8-17(12)23)15(7-20(27)31-18)11-30-21(28)14-4-2-3-13(6-14)10-25-19(26)9-24-22(25)29/h2-8H,9-11H2,1H3,(H,24,29). The Morgan fingerprint density at radius 3 is 2.74 bits per heavy atom. The normalized spacial score (nSPS) is 13.5. The SMILES string of the molecule is Cc1cc2oc(=O)cc(COC(=O)c3cccc(CN4C(=O)CNC4=O)c3)c2cc1Cl. The molecule has 0 saturated carbocycles. The van der Waals surface area contributed by atoms with Gasteiger partial charge in [-0.3, -0.25) is 9.69 Å². The topological polar surface area (TPSA) is 106 Å². The zero-order valence-electron chi connectivity index (χ0n) is 16.4. The molecule has 2 heterocycles. The number of amides is 3. The average molecular weight is 441 g/mol. The molecule has 158 valence electrons. The van der Waals surface area contributed by atoms with E-state index < -0.39 is 17.6 Å². The fourth-order valence-electron chi connectivity index (χ4n) is 3.29. The van der Waals surface area contributed by atoms with E-state index in [1.807, 2.05) is 0 Å². The molecular formula is C22H17ClN2O6. The lowest BCUT2D eigenvalue weighted by Gasteiger charge is -2.13. The lowest BCUT2D eigenvalue weighted by atomic mass is 10.1. The molecule has 0 radical (unpaired) electrons. The van der Waals surface area contributed by atoms with Crippen molar-refractivity contribution in [2.45, 2.75) is 20.1 Å². The fraction of sp³-hybridized carbons (Fsp3) is 0.182. The Hall–Kier alpha value is -3.65. The maximum Gasteiger partial charge on any atom is 0.338 e. The first-order valence-corrected chi connectivity index (χ1v) is 9.77. The van der Waals surface area contributed by atoms with E-state index in [-0.39, 0.29) is 31.2 Å². The molecule has 0 spiro atoms. The van der Waals surface area contributed by atoms with Gasteiger partial charge in [-0.05, 0) is 42.3 Å². The van der Waals surface area contributed by atoms with Gasteiger partial charge < -0.3 is 14.5 Å². The highest BCUT2D eigenvalue weighted by molar-refractivity contribution is 6.32. The molecule has 3 aromatic rings. The predicted molar refractivity (Wildman–Crippen MR) is 112 cm³/mol. The molecule has 8 nitrogen and oxygen atoms in total. The third-order valence-corrected chi connectivity index (χ3v) is 5.32. The summed E-state index contributed by atoms with van der Waals surface area (Å²) in [5.74, 6) is -0.944. The van der Waals surface area contributed by atoms with Crippen molar-refractivity contribution in [1.29, 1.82) is 0 Å². The molecule has 3 amide bonds. The van der Waals surface area contributed by atoms with Gasteiger partial charge in [0.25, 0.3) is 0 Å². The third kappa shape index (κ3) is 4.29. The number of hydrogen-bond acceptors (Lipinski definition) is 6. The summed E-state index contributed by atoms with van der Waals surface area (Å²) in [6.45, 7) is 1.65. The van der Waals surface area contributed by atoms with Gasteiger partial charge in [0.15, 0.2) is 0 Å². The summed E-state index contributed by atoms with van der Waals surface area (Å²) in [5.41, 5.74) is 1.89. The minimum absolute atomic E-state index is 0.0386. The number of rotatable bonds is 5. The first-order chi connectivity index (χ1) is 14.8. The molecule has 1 fully saturated rings. The van der Waals surface area contributed by atoms with Gasteiger partial charge >= 0.3 is 17.6 Å². The number of ether oxygens (including phenoxy) is 1. The maximum absolute atomic E-state index is 12.6. The molecule has 0 unspecified atom stereocenters. The number of halogens is 1. The van der Waals surface area contributed by atoms with Gasteiger partial charge in [-0.15, -0.1) is 0 Å². The number of fused-ring (bicyclic) bond motifs is 1. The monoisotopic (exact) mass is 440 g/mol. The summed E-state index contributed by atoms with van der Waals surface area (Å²) in [5, 5.41) is 3.53. The Morgan fingerprint density at radius 1 is 1.19 bits per heavy atom. The molecular weight excluding hydrogens is 424 g/mol. The van der Waals surface area contributed by atoms with E-state index in [4.69, 9.17) is 20.8 Å². The van der Waals surface area contributed by atoms with Crippen LogP contribution >= 0.6 is 11.6 Å². The molecule has 0 aliphatic carbocycles. The average Bonchev–Trinajstić information content (AvgIpc) is 3.05. The van der Waals surface area contributed by atoms with Crippen LogP contribution in [0.3, 0.4) is 0 Å². The van der Waals surface area contributed by atoms with Crippen molar-refractivity contribution < 1.29 is 23.5 Å². The lowest BCUT2D eigenvalue weighted by Crippen LogP contribution is -2.30. The molecule has 1 aliphatic heterocycles. The van der Waals surface area contributed by atoms with Crippen LogP contribution in [0.25, 0.3) is 11.0 Å². The van der Waals surface area contributed by atoms with Gasteiger partial charge in [-0.25, -0.2) is 14.4 Å². The van der Waals surface area contributed by atoms with Crippen LogP contribution in [0, 0.1) is 6.92 Å². The van der Waals surface area contributed by atoms with Gasteiger partial charge in [0, 0.05) is 22.0 Å². The highest BCUT2D eigenvalue weighted by atomic mass is 35.5. The zero-order chi connectivity index (χ0) is 22.1. The number of imide groups is 1. The van der Waals surface area contributed by atoms with Crippen LogP contribution < -0.4 is 10.9 Å². The summed E-state index contributed by atoms with van der Waals surface area (Å²) in [6, 6.07) is 10.6. The summed E-state index contributed by atoms with van der Waals surface area (Å²) in [7, 11) is 0. The van der Waals surface area contributed by atoms with Crippen LogP contribution in [0.5, 0.6) is 0 Å². The number of hydrogen-bond donors (Lipinski definition) is 1. The van der Waals surface area contributed by atoms with E-state index in [1.54, 1.807) is 43.3 Å². The summed E-state index contributed by atoms with van der Waals surface area (Å²) in [6.07, 6.45) is 0. The quantitative estimate of drug-likeness (QED) is 0.371. The van der Waals surface area contributed by atoms with Crippen LogP contribution in [0.1, 0.15) is 27.0 Å². The number of esters is 1. The molecule has 1 aromatic heterocycles. The Bertz CT molecular complexity index is 1270. The van der Waals surface area contributed by atoms with Gasteiger partial charge in [0.05, 0.1) is 18.7 Å². The second-order valence-electron chi connectivity index (χ2n) is 7.10. The largest absolute Gasteiger partial charge is 0.457 e. The van der Waals surface area contributed by atoms with E-state index in [0.29, 0.717) is 27.1 Å². The smallest absolute Gasteiger partial charge is 0.338 e. The van der Waals surface area contributed by atoms with Gasteiger partial charge in [0.2, 0.25) is 5.91 Å². The van der Waals surface area contributed by atoms with Crippen LogP contribution in [0.15, 0.2) is 51.7 Å². The van der Waals surface area contributed by atoms with E-state index >= 15 is 0 Å². The number of nitrogens with one attached hydrogen (secondary N) is 1. The molecule has 0 atom stereocenters. The number of aryl methyl sites for hydroxylation is 1. The Labute approximate surface area is 181 Å². The number of carbonyl (C=O) groups excluding carboxylic acids is 3. The predicted octanol–water partition coefficient (Wildman–Crippen LogP) is 3.16. The third-order valence-electron chi connectivity index (χ3n) is 4.91. The van der Waals surface area contributed by atoms with Crippen molar-refractivity contribution in [3.63, 3.8) is 0 Å². The van der Waals surface area contributed by atoms with Crippen molar-refractivity contribution in [3.05, 3.63) is 80.2 Å². The van der Waals surface area contributed by atoms with Crippen molar-refractivity contribution >= 4 is 40.5 Å². The number of nitrogens with zero attached hydrogens (tertiary/aromatic N) is 1. The van der Waals surface area contributed by atoms with E-state index in [2.05, 4.69) is 5.32 Å². The van der Waals surface area contributed by atoms with E-state index in [1.165, 1.54) is 6.07 Å². The molecule has 4 rings (SSSR count). The zero-order valence-corrected chi connectivity index (χ0v) is 17.2. The molecule has 1 N–H and O–H groups in total. The highest BCUT2D eigenvalue weighted by Gasteiger charge is 2.28. The second kappa shape index (κ2) is 8.23. The summed E-state index contributed by atoms with van der Waals surface area (Å²) in [4.78, 5) is 49.0. The minimum Gasteiger partial charge on any atom is -0.457 e. The molecule has 31 heavy (non-hydrogen) atoms.